The molecule has 0 aliphatic carbocycles. The molecule has 96 valence electrons. The molecule has 0 fully saturated rings. The van der Waals surface area contributed by atoms with Crippen molar-refractivity contribution in [3.05, 3.63) is 47.7 Å². The Morgan fingerprint density at radius 1 is 1.00 bits per heavy atom. The minimum Gasteiger partial charge on any atom is -0.458 e. The van der Waals surface area contributed by atoms with E-state index in [1.54, 1.807) is 0 Å². The number of aromatic nitrogens is 1. The molecule has 4 nitrogen and oxygen atoms in total. The molecule has 0 spiro atoms. The molecule has 0 radical (unpaired) electrons. The van der Waals surface area contributed by atoms with Crippen molar-refractivity contribution in [3.63, 3.8) is 0 Å². The van der Waals surface area contributed by atoms with Gasteiger partial charge in [-0.2, -0.15) is 0 Å². The normalized spacial score (nSPS) is 10.8. The van der Waals surface area contributed by atoms with E-state index in [-0.39, 0.29) is 0 Å². The number of aryl methyl sites for hydroxylation is 2. The van der Waals surface area contributed by atoms with Crippen molar-refractivity contribution in [3.8, 4) is 22.6 Å². The van der Waals surface area contributed by atoms with Gasteiger partial charge >= 0.3 is 0 Å². The summed E-state index contributed by atoms with van der Waals surface area (Å²) in [5.74, 6) is 2.39. The molecule has 0 amide bonds. The van der Waals surface area contributed by atoms with Gasteiger partial charge in [0.25, 0.3) is 0 Å². The average molecular weight is 254 g/mol. The summed E-state index contributed by atoms with van der Waals surface area (Å²) in [5, 5.41) is 3.84. The number of hydrogen-bond acceptors (Lipinski definition) is 4. The average Bonchev–Trinajstić information content (AvgIpc) is 2.97. The van der Waals surface area contributed by atoms with Crippen LogP contribution in [0.2, 0.25) is 0 Å². The molecule has 1 aromatic carbocycles. The van der Waals surface area contributed by atoms with E-state index in [0.717, 1.165) is 16.9 Å². The fraction of sp³-hybridized carbons (Fsp3) is 0.133. The lowest BCUT2D eigenvalue weighted by molar-refractivity contribution is 0.418. The van der Waals surface area contributed by atoms with Gasteiger partial charge in [0.2, 0.25) is 5.76 Å². The maximum atomic E-state index is 5.91. The summed E-state index contributed by atoms with van der Waals surface area (Å²) < 4.78 is 10.9. The molecule has 3 rings (SSSR count). The first kappa shape index (κ1) is 11.6. The predicted molar refractivity (Wildman–Crippen MR) is 73.5 cm³/mol. The number of anilines is 1. The van der Waals surface area contributed by atoms with Crippen molar-refractivity contribution in [1.29, 1.82) is 0 Å². The molecule has 3 aromatic rings. The Morgan fingerprint density at radius 3 is 2.37 bits per heavy atom. The maximum absolute atomic E-state index is 5.91. The highest BCUT2D eigenvalue weighted by molar-refractivity contribution is 5.85. The molecular weight excluding hydrogens is 240 g/mol. The van der Waals surface area contributed by atoms with Crippen molar-refractivity contribution in [1.82, 2.24) is 5.16 Å². The van der Waals surface area contributed by atoms with Crippen LogP contribution in [0.3, 0.4) is 0 Å². The number of benzene rings is 1. The fourth-order valence-electron chi connectivity index (χ4n) is 2.03. The van der Waals surface area contributed by atoms with E-state index >= 15 is 0 Å². The van der Waals surface area contributed by atoms with E-state index in [4.69, 9.17) is 14.7 Å². The first-order valence-electron chi connectivity index (χ1n) is 6.04. The molecule has 0 aliphatic heterocycles. The first-order valence-corrected chi connectivity index (χ1v) is 6.04. The number of nitrogens with zero attached hydrogens (tertiary/aromatic N) is 1. The third kappa shape index (κ3) is 2.01. The van der Waals surface area contributed by atoms with E-state index < -0.39 is 0 Å². The maximum Gasteiger partial charge on any atom is 0.212 e. The minimum atomic E-state index is 0.368. The van der Waals surface area contributed by atoms with Gasteiger partial charge in [0.05, 0.1) is 5.56 Å². The Bertz CT molecular complexity index is 708. The Balaban J connectivity index is 2.16. The number of hydrogen-bond donors (Lipinski definition) is 1. The zero-order valence-electron chi connectivity index (χ0n) is 10.8. The first-order chi connectivity index (χ1) is 9.15. The lowest BCUT2D eigenvalue weighted by Crippen LogP contribution is -1.88. The fourth-order valence-corrected chi connectivity index (χ4v) is 2.03. The molecule has 0 atom stereocenters. The van der Waals surface area contributed by atoms with Gasteiger partial charge in [0.15, 0.2) is 11.6 Å². The molecule has 0 unspecified atom stereocenters. The number of nitrogens with two attached hydrogens (primary N) is 1. The minimum absolute atomic E-state index is 0.368. The second kappa shape index (κ2) is 4.31. The van der Waals surface area contributed by atoms with Crippen molar-refractivity contribution in [2.24, 2.45) is 0 Å². The van der Waals surface area contributed by atoms with Crippen LogP contribution < -0.4 is 5.73 Å². The molecule has 2 aromatic heterocycles. The van der Waals surface area contributed by atoms with Crippen LogP contribution in [-0.2, 0) is 0 Å². The Kier molecular flexibility index (Phi) is 2.63. The molecule has 19 heavy (non-hydrogen) atoms. The lowest BCUT2D eigenvalue weighted by atomic mass is 10.0. The van der Waals surface area contributed by atoms with Gasteiger partial charge in [0, 0.05) is 0 Å². The van der Waals surface area contributed by atoms with Crippen LogP contribution in [0.25, 0.3) is 22.6 Å². The summed E-state index contributed by atoms with van der Waals surface area (Å²) in [5.41, 5.74) is 8.84. The van der Waals surface area contributed by atoms with E-state index in [2.05, 4.69) is 5.16 Å². The summed E-state index contributed by atoms with van der Waals surface area (Å²) >= 11 is 0. The molecular formula is C15H14N2O2. The van der Waals surface area contributed by atoms with E-state index in [9.17, 15) is 0 Å². The zero-order valence-corrected chi connectivity index (χ0v) is 10.8. The predicted octanol–water partition coefficient (Wildman–Crippen LogP) is 3.80. The van der Waals surface area contributed by atoms with Gasteiger partial charge in [-0.1, -0.05) is 35.0 Å². The van der Waals surface area contributed by atoms with Crippen molar-refractivity contribution in [2.75, 3.05) is 5.73 Å². The molecule has 2 heterocycles. The van der Waals surface area contributed by atoms with Gasteiger partial charge in [0.1, 0.15) is 5.76 Å². The monoisotopic (exact) mass is 254 g/mol. The SMILES string of the molecule is Cc1ccc(-c2c(N)noc2-c2ccc(C)o2)cc1. The van der Waals surface area contributed by atoms with Crippen molar-refractivity contribution < 1.29 is 8.94 Å². The Labute approximate surface area is 110 Å². The topological polar surface area (TPSA) is 65.2 Å². The van der Waals surface area contributed by atoms with Crippen LogP contribution in [0.4, 0.5) is 5.82 Å². The Hall–Kier alpha value is -2.49. The van der Waals surface area contributed by atoms with Gasteiger partial charge in [-0.15, -0.1) is 0 Å². The van der Waals surface area contributed by atoms with Crippen LogP contribution in [0.1, 0.15) is 11.3 Å². The molecule has 0 saturated heterocycles. The highest BCUT2D eigenvalue weighted by atomic mass is 16.5. The molecule has 0 bridgehead atoms. The van der Waals surface area contributed by atoms with Crippen LogP contribution in [0, 0.1) is 13.8 Å². The summed E-state index contributed by atoms with van der Waals surface area (Å²) in [7, 11) is 0. The molecule has 2 N–H and O–H groups in total. The zero-order chi connectivity index (χ0) is 13.4. The summed E-state index contributed by atoms with van der Waals surface area (Å²) in [6.45, 7) is 3.92. The summed E-state index contributed by atoms with van der Waals surface area (Å²) in [6, 6.07) is 11.8. The summed E-state index contributed by atoms with van der Waals surface area (Å²) in [4.78, 5) is 0. The van der Waals surface area contributed by atoms with Gasteiger partial charge in [-0.05, 0) is 31.5 Å². The van der Waals surface area contributed by atoms with Crippen LogP contribution in [-0.4, -0.2) is 5.16 Å². The summed E-state index contributed by atoms with van der Waals surface area (Å²) in [6.07, 6.45) is 0. The van der Waals surface area contributed by atoms with E-state index in [0.29, 0.717) is 17.3 Å². The standard InChI is InChI=1S/C15H14N2O2/c1-9-3-6-11(7-4-9)13-14(19-17-15(13)16)12-8-5-10(2)18-12/h3-8H,1-2H3,(H2,16,17). The number of nitrogen functional groups attached to an aromatic ring is 1. The molecule has 4 heteroatoms. The van der Waals surface area contributed by atoms with Crippen molar-refractivity contribution in [2.45, 2.75) is 13.8 Å². The number of furan rings is 1. The highest BCUT2D eigenvalue weighted by Gasteiger charge is 2.19. The quantitative estimate of drug-likeness (QED) is 0.755. The number of rotatable bonds is 2. The third-order valence-corrected chi connectivity index (χ3v) is 3.02. The van der Waals surface area contributed by atoms with Gasteiger partial charge < -0.3 is 14.7 Å². The van der Waals surface area contributed by atoms with E-state index in [1.807, 2.05) is 50.2 Å². The smallest absolute Gasteiger partial charge is 0.212 e. The lowest BCUT2D eigenvalue weighted by Gasteiger charge is -2.01. The second-order valence-corrected chi connectivity index (χ2v) is 4.55. The van der Waals surface area contributed by atoms with Crippen LogP contribution in [0.15, 0.2) is 45.3 Å². The highest BCUT2D eigenvalue weighted by Crippen LogP contribution is 2.37. The third-order valence-electron chi connectivity index (χ3n) is 3.02. The molecule has 0 aliphatic rings. The second-order valence-electron chi connectivity index (χ2n) is 4.55. The van der Waals surface area contributed by atoms with Crippen molar-refractivity contribution >= 4 is 5.82 Å². The largest absolute Gasteiger partial charge is 0.458 e. The van der Waals surface area contributed by atoms with Gasteiger partial charge in [-0.3, -0.25) is 0 Å². The Morgan fingerprint density at radius 2 is 1.74 bits per heavy atom. The van der Waals surface area contributed by atoms with Gasteiger partial charge in [-0.25, -0.2) is 0 Å². The molecule has 0 saturated carbocycles. The van der Waals surface area contributed by atoms with Crippen LogP contribution in [0.5, 0.6) is 0 Å². The van der Waals surface area contributed by atoms with Crippen LogP contribution >= 0.6 is 0 Å². The van der Waals surface area contributed by atoms with E-state index in [1.165, 1.54) is 5.56 Å².